The molecule has 0 amide bonds. The predicted octanol–water partition coefficient (Wildman–Crippen LogP) is 3.09. The second-order valence-corrected chi connectivity index (χ2v) is 3.66. The Morgan fingerprint density at radius 3 is 2.15 bits per heavy atom. The van der Waals surface area contributed by atoms with Gasteiger partial charge in [0.2, 0.25) is 0 Å². The Kier molecular flexibility index (Phi) is 7.75. The molecule has 1 nitrogen and oxygen atoms in total. The first-order valence-corrected chi connectivity index (χ1v) is 5.52. The minimum Gasteiger partial charge on any atom is -0.317 e. The van der Waals surface area contributed by atoms with Crippen molar-refractivity contribution in [2.24, 2.45) is 0 Å². The van der Waals surface area contributed by atoms with Crippen molar-refractivity contribution in [3.05, 3.63) is 0 Å². The van der Waals surface area contributed by atoms with E-state index in [1.165, 1.54) is 0 Å². The standard InChI is InChI=1S/C8H15BrF3N/c9-5-1-2-6-13-7-3-4-8(10,11)12/h13H,1-7H2. The molecule has 0 atom stereocenters. The molecule has 0 fully saturated rings. The summed E-state index contributed by atoms with van der Waals surface area (Å²) in [5.41, 5.74) is 0. The van der Waals surface area contributed by atoms with E-state index < -0.39 is 12.6 Å². The minimum atomic E-state index is -4.00. The number of hydrogen-bond donors (Lipinski definition) is 1. The van der Waals surface area contributed by atoms with Gasteiger partial charge in [-0.1, -0.05) is 15.9 Å². The molecule has 80 valence electrons. The van der Waals surface area contributed by atoms with Gasteiger partial charge in [0.05, 0.1) is 0 Å². The fourth-order valence-corrected chi connectivity index (χ4v) is 1.28. The van der Waals surface area contributed by atoms with E-state index in [9.17, 15) is 13.2 Å². The van der Waals surface area contributed by atoms with E-state index in [0.29, 0.717) is 6.54 Å². The highest BCUT2D eigenvalue weighted by molar-refractivity contribution is 9.09. The van der Waals surface area contributed by atoms with Gasteiger partial charge in [-0.3, -0.25) is 0 Å². The van der Waals surface area contributed by atoms with Crippen molar-refractivity contribution in [3.8, 4) is 0 Å². The van der Waals surface area contributed by atoms with Gasteiger partial charge in [-0.2, -0.15) is 13.2 Å². The fourth-order valence-electron chi connectivity index (χ4n) is 0.883. The molecule has 13 heavy (non-hydrogen) atoms. The van der Waals surface area contributed by atoms with E-state index in [-0.39, 0.29) is 6.42 Å². The van der Waals surface area contributed by atoms with Gasteiger partial charge >= 0.3 is 6.18 Å². The summed E-state index contributed by atoms with van der Waals surface area (Å²) in [6.45, 7) is 1.27. The maximum atomic E-state index is 11.7. The van der Waals surface area contributed by atoms with E-state index >= 15 is 0 Å². The van der Waals surface area contributed by atoms with Crippen molar-refractivity contribution in [1.29, 1.82) is 0 Å². The second-order valence-electron chi connectivity index (χ2n) is 2.86. The Bertz CT molecular complexity index is 116. The van der Waals surface area contributed by atoms with Gasteiger partial charge in [-0.15, -0.1) is 0 Å². The molecule has 0 aliphatic rings. The van der Waals surface area contributed by atoms with Crippen LogP contribution in [0.1, 0.15) is 25.7 Å². The third-order valence-electron chi connectivity index (χ3n) is 1.55. The Morgan fingerprint density at radius 1 is 1.00 bits per heavy atom. The van der Waals surface area contributed by atoms with E-state index in [1.807, 2.05) is 0 Å². The molecule has 5 heteroatoms. The number of alkyl halides is 4. The highest BCUT2D eigenvalue weighted by Crippen LogP contribution is 2.20. The van der Waals surface area contributed by atoms with Crippen LogP contribution in [-0.4, -0.2) is 24.6 Å². The van der Waals surface area contributed by atoms with Crippen LogP contribution in [-0.2, 0) is 0 Å². The second kappa shape index (κ2) is 7.62. The topological polar surface area (TPSA) is 12.0 Å². The molecule has 0 saturated carbocycles. The molecule has 0 radical (unpaired) electrons. The van der Waals surface area contributed by atoms with Crippen LogP contribution < -0.4 is 5.32 Å². The summed E-state index contributed by atoms with van der Waals surface area (Å²) >= 11 is 3.28. The third kappa shape index (κ3) is 12.2. The highest BCUT2D eigenvalue weighted by atomic mass is 79.9. The molecular weight excluding hydrogens is 247 g/mol. The van der Waals surface area contributed by atoms with Crippen molar-refractivity contribution in [2.75, 3.05) is 18.4 Å². The van der Waals surface area contributed by atoms with Gasteiger partial charge in [0, 0.05) is 11.8 Å². The Hall–Kier alpha value is 0.230. The fraction of sp³-hybridized carbons (Fsp3) is 1.00. The van der Waals surface area contributed by atoms with Gasteiger partial charge in [0.1, 0.15) is 0 Å². The maximum absolute atomic E-state index is 11.7. The van der Waals surface area contributed by atoms with E-state index in [4.69, 9.17) is 0 Å². The average molecular weight is 262 g/mol. The molecule has 0 aromatic rings. The van der Waals surface area contributed by atoms with E-state index in [2.05, 4.69) is 21.2 Å². The van der Waals surface area contributed by atoms with Gasteiger partial charge in [0.25, 0.3) is 0 Å². The number of rotatable bonds is 7. The normalized spacial score (nSPS) is 12.0. The number of halogens is 4. The lowest BCUT2D eigenvalue weighted by Crippen LogP contribution is -2.19. The van der Waals surface area contributed by atoms with E-state index in [0.717, 1.165) is 24.7 Å². The van der Waals surface area contributed by atoms with Crippen LogP contribution in [0.4, 0.5) is 13.2 Å². The molecular formula is C8H15BrF3N. The van der Waals surface area contributed by atoms with Crippen LogP contribution in [0.2, 0.25) is 0 Å². The van der Waals surface area contributed by atoms with Gasteiger partial charge < -0.3 is 5.32 Å². The monoisotopic (exact) mass is 261 g/mol. The molecule has 0 unspecified atom stereocenters. The molecule has 0 bridgehead atoms. The SMILES string of the molecule is FC(F)(F)CCCNCCCCBr. The first kappa shape index (κ1) is 13.2. The van der Waals surface area contributed by atoms with Gasteiger partial charge in [-0.25, -0.2) is 0 Å². The number of hydrogen-bond acceptors (Lipinski definition) is 1. The lowest BCUT2D eigenvalue weighted by Gasteiger charge is -2.06. The molecule has 0 aromatic carbocycles. The quantitative estimate of drug-likeness (QED) is 0.549. The summed E-state index contributed by atoms with van der Waals surface area (Å²) in [5, 5.41) is 3.93. The van der Waals surface area contributed by atoms with Crippen molar-refractivity contribution < 1.29 is 13.2 Å². The summed E-state index contributed by atoms with van der Waals surface area (Å²) in [7, 11) is 0. The summed E-state index contributed by atoms with van der Waals surface area (Å²) in [4.78, 5) is 0. The van der Waals surface area contributed by atoms with Crippen molar-refractivity contribution in [3.63, 3.8) is 0 Å². The lowest BCUT2D eigenvalue weighted by molar-refractivity contribution is -0.135. The zero-order valence-electron chi connectivity index (χ0n) is 7.46. The summed E-state index contributed by atoms with van der Waals surface area (Å²) in [5.74, 6) is 0. The Labute approximate surface area is 85.2 Å². The molecule has 0 saturated heterocycles. The summed E-state index contributed by atoms with van der Waals surface area (Å²) < 4.78 is 35.0. The first-order chi connectivity index (χ1) is 6.06. The number of nitrogens with one attached hydrogen (secondary N) is 1. The van der Waals surface area contributed by atoms with Crippen molar-refractivity contribution in [1.82, 2.24) is 5.32 Å². The van der Waals surface area contributed by atoms with Crippen LogP contribution in [0.15, 0.2) is 0 Å². The minimum absolute atomic E-state index is 0.178. The molecule has 0 heterocycles. The predicted molar refractivity (Wildman–Crippen MR) is 51.2 cm³/mol. The zero-order valence-corrected chi connectivity index (χ0v) is 9.05. The van der Waals surface area contributed by atoms with Gasteiger partial charge in [-0.05, 0) is 32.4 Å². The molecule has 0 aromatic heterocycles. The van der Waals surface area contributed by atoms with Crippen molar-refractivity contribution >= 4 is 15.9 Å². The lowest BCUT2D eigenvalue weighted by atomic mass is 10.3. The summed E-state index contributed by atoms with van der Waals surface area (Å²) in [6.07, 6.45) is -2.43. The zero-order chi connectivity index (χ0) is 10.2. The molecule has 0 spiro atoms. The number of unbranched alkanes of at least 4 members (excludes halogenated alkanes) is 1. The van der Waals surface area contributed by atoms with Crippen molar-refractivity contribution in [2.45, 2.75) is 31.9 Å². The van der Waals surface area contributed by atoms with Crippen LogP contribution in [0.25, 0.3) is 0 Å². The molecule has 0 aliphatic heterocycles. The van der Waals surface area contributed by atoms with Crippen LogP contribution in [0, 0.1) is 0 Å². The largest absolute Gasteiger partial charge is 0.389 e. The molecule has 1 N–H and O–H groups in total. The first-order valence-electron chi connectivity index (χ1n) is 4.39. The summed E-state index contributed by atoms with van der Waals surface area (Å²) in [6, 6.07) is 0. The van der Waals surface area contributed by atoms with Crippen LogP contribution in [0.3, 0.4) is 0 Å². The molecule has 0 aliphatic carbocycles. The van der Waals surface area contributed by atoms with E-state index in [1.54, 1.807) is 0 Å². The van der Waals surface area contributed by atoms with Crippen LogP contribution >= 0.6 is 15.9 Å². The highest BCUT2D eigenvalue weighted by Gasteiger charge is 2.25. The van der Waals surface area contributed by atoms with Crippen LogP contribution in [0.5, 0.6) is 0 Å². The smallest absolute Gasteiger partial charge is 0.317 e. The van der Waals surface area contributed by atoms with Gasteiger partial charge in [0.15, 0.2) is 0 Å². The Balaban J connectivity index is 3.00. The third-order valence-corrected chi connectivity index (χ3v) is 2.11. The Morgan fingerprint density at radius 2 is 1.62 bits per heavy atom. The maximum Gasteiger partial charge on any atom is 0.389 e. The average Bonchev–Trinajstić information content (AvgIpc) is 2.01. The molecule has 0 rings (SSSR count).